The van der Waals surface area contributed by atoms with Gasteiger partial charge in [-0.2, -0.15) is 0 Å². The Morgan fingerprint density at radius 1 is 1.30 bits per heavy atom. The number of aromatic nitrogens is 2. The zero-order valence-electron chi connectivity index (χ0n) is 12.2. The number of nitrogens with zero attached hydrogens (tertiary/aromatic N) is 3. The molecule has 0 fully saturated rings. The van der Waals surface area contributed by atoms with Gasteiger partial charge in [-0.1, -0.05) is 11.3 Å². The number of carbonyl (C=O) groups excluding carboxylic acids is 2. The van der Waals surface area contributed by atoms with Crippen molar-refractivity contribution in [1.29, 1.82) is 0 Å². The Hall–Kier alpha value is -2.88. The molecule has 2 aromatic rings. The van der Waals surface area contributed by atoms with Crippen LogP contribution in [-0.4, -0.2) is 33.6 Å². The Morgan fingerprint density at radius 3 is 2.57 bits per heavy atom. The summed E-state index contributed by atoms with van der Waals surface area (Å²) in [6, 6.07) is 3.37. The van der Waals surface area contributed by atoms with Gasteiger partial charge in [-0.05, 0) is 19.9 Å². The molecule has 1 aromatic heterocycles. The first-order valence-corrected chi connectivity index (χ1v) is 7.30. The Kier molecular flexibility index (Phi) is 4.96. The topological polar surface area (TPSA) is 124 Å². The highest BCUT2D eigenvalue weighted by Gasteiger charge is 2.19. The van der Waals surface area contributed by atoms with Crippen molar-refractivity contribution in [3.63, 3.8) is 0 Å². The van der Waals surface area contributed by atoms with E-state index in [1.165, 1.54) is 6.07 Å². The number of nitro benzene ring substituents is 1. The number of rotatable bonds is 5. The largest absolute Gasteiger partial charge is 0.462 e. The van der Waals surface area contributed by atoms with Crippen LogP contribution in [0.25, 0.3) is 0 Å². The van der Waals surface area contributed by atoms with Crippen LogP contribution in [-0.2, 0) is 4.74 Å². The number of nitrogens with one attached hydrogen (secondary N) is 1. The summed E-state index contributed by atoms with van der Waals surface area (Å²) in [6.45, 7) is 3.45. The van der Waals surface area contributed by atoms with Gasteiger partial charge in [0.25, 0.3) is 11.6 Å². The molecule has 1 amide bonds. The lowest BCUT2D eigenvalue weighted by atomic mass is 10.1. The molecule has 10 heteroatoms. The average molecular weight is 336 g/mol. The second kappa shape index (κ2) is 6.92. The molecule has 23 heavy (non-hydrogen) atoms. The highest BCUT2D eigenvalue weighted by molar-refractivity contribution is 7.15. The quantitative estimate of drug-likeness (QED) is 0.504. The molecule has 0 saturated heterocycles. The summed E-state index contributed by atoms with van der Waals surface area (Å²) in [7, 11) is 0. The lowest BCUT2D eigenvalue weighted by Crippen LogP contribution is -2.14. The van der Waals surface area contributed by atoms with Gasteiger partial charge in [-0.25, -0.2) is 4.79 Å². The summed E-state index contributed by atoms with van der Waals surface area (Å²) < 4.78 is 4.81. The fourth-order valence-corrected chi connectivity index (χ4v) is 2.28. The molecule has 120 valence electrons. The van der Waals surface area contributed by atoms with E-state index in [4.69, 9.17) is 4.74 Å². The van der Waals surface area contributed by atoms with E-state index in [1.54, 1.807) is 13.8 Å². The van der Waals surface area contributed by atoms with E-state index in [2.05, 4.69) is 15.5 Å². The van der Waals surface area contributed by atoms with Crippen molar-refractivity contribution in [2.45, 2.75) is 13.8 Å². The summed E-state index contributed by atoms with van der Waals surface area (Å²) in [6.07, 6.45) is 0. The highest BCUT2D eigenvalue weighted by atomic mass is 32.1. The first-order valence-electron chi connectivity index (χ1n) is 6.48. The van der Waals surface area contributed by atoms with Gasteiger partial charge < -0.3 is 4.74 Å². The summed E-state index contributed by atoms with van der Waals surface area (Å²) in [5, 5.41) is 21.9. The Morgan fingerprint density at radius 2 is 2.00 bits per heavy atom. The molecule has 0 aliphatic carbocycles. The van der Waals surface area contributed by atoms with E-state index in [0.29, 0.717) is 5.01 Å². The van der Waals surface area contributed by atoms with Crippen LogP contribution in [0.1, 0.15) is 32.6 Å². The number of carbonyl (C=O) groups is 2. The van der Waals surface area contributed by atoms with Gasteiger partial charge in [0, 0.05) is 17.7 Å². The summed E-state index contributed by atoms with van der Waals surface area (Å²) in [5.41, 5.74) is -0.496. The minimum atomic E-state index is -0.739. The van der Waals surface area contributed by atoms with Gasteiger partial charge in [0.05, 0.1) is 17.1 Å². The Balaban J connectivity index is 2.34. The van der Waals surface area contributed by atoms with Crippen LogP contribution < -0.4 is 5.32 Å². The molecule has 0 unspecified atom stereocenters. The fraction of sp³-hybridized carbons (Fsp3) is 0.231. The summed E-state index contributed by atoms with van der Waals surface area (Å²) >= 11 is 1.16. The second-order valence-corrected chi connectivity index (χ2v) is 5.51. The number of hydrogen-bond acceptors (Lipinski definition) is 8. The van der Waals surface area contributed by atoms with Crippen LogP contribution in [0.15, 0.2) is 18.2 Å². The van der Waals surface area contributed by atoms with Crippen molar-refractivity contribution in [3.05, 3.63) is 44.4 Å². The lowest BCUT2D eigenvalue weighted by molar-refractivity contribution is -0.384. The molecule has 0 spiro atoms. The number of non-ortho nitro benzene ring substituents is 1. The van der Waals surface area contributed by atoms with Gasteiger partial charge in [-0.15, -0.1) is 10.2 Å². The number of aryl methyl sites for hydroxylation is 1. The SMILES string of the molecule is CCOC(=O)c1cc(C(=O)Nc2nnc(C)s2)cc([N+](=O)[O-])c1. The van der Waals surface area contributed by atoms with E-state index in [1.807, 2.05) is 0 Å². The smallest absolute Gasteiger partial charge is 0.338 e. The van der Waals surface area contributed by atoms with Gasteiger partial charge in [0.15, 0.2) is 0 Å². The maximum atomic E-state index is 12.2. The van der Waals surface area contributed by atoms with Crippen molar-refractivity contribution in [2.24, 2.45) is 0 Å². The number of esters is 1. The number of anilines is 1. The Bertz CT molecular complexity index is 773. The third kappa shape index (κ3) is 4.07. The van der Waals surface area contributed by atoms with E-state index in [0.717, 1.165) is 23.5 Å². The molecule has 9 nitrogen and oxygen atoms in total. The lowest BCUT2D eigenvalue weighted by Gasteiger charge is -2.05. The zero-order chi connectivity index (χ0) is 17.0. The summed E-state index contributed by atoms with van der Waals surface area (Å²) in [4.78, 5) is 34.2. The third-order valence-electron chi connectivity index (χ3n) is 2.65. The van der Waals surface area contributed by atoms with Gasteiger partial charge in [-0.3, -0.25) is 20.2 Å². The molecule has 0 aliphatic heterocycles. The average Bonchev–Trinajstić information content (AvgIpc) is 2.92. The van der Waals surface area contributed by atoms with Crippen molar-refractivity contribution in [1.82, 2.24) is 10.2 Å². The molecule has 0 atom stereocenters. The number of benzene rings is 1. The van der Waals surface area contributed by atoms with E-state index in [9.17, 15) is 19.7 Å². The number of amides is 1. The minimum absolute atomic E-state index is 0.0462. The van der Waals surface area contributed by atoms with Gasteiger partial charge in [0.1, 0.15) is 5.01 Å². The predicted molar refractivity (Wildman–Crippen MR) is 81.7 cm³/mol. The maximum Gasteiger partial charge on any atom is 0.338 e. The molecule has 0 radical (unpaired) electrons. The van der Waals surface area contributed by atoms with Crippen LogP contribution in [0.3, 0.4) is 0 Å². The van der Waals surface area contributed by atoms with E-state index >= 15 is 0 Å². The van der Waals surface area contributed by atoms with Crippen LogP contribution in [0.2, 0.25) is 0 Å². The van der Waals surface area contributed by atoms with Crippen LogP contribution in [0.4, 0.5) is 10.8 Å². The van der Waals surface area contributed by atoms with Gasteiger partial charge >= 0.3 is 5.97 Å². The minimum Gasteiger partial charge on any atom is -0.462 e. The highest BCUT2D eigenvalue weighted by Crippen LogP contribution is 2.20. The van der Waals surface area contributed by atoms with Crippen molar-refractivity contribution in [3.8, 4) is 0 Å². The molecule has 1 N–H and O–H groups in total. The van der Waals surface area contributed by atoms with Crippen molar-refractivity contribution < 1.29 is 19.2 Å². The molecule has 0 bridgehead atoms. The van der Waals surface area contributed by atoms with Gasteiger partial charge in [0.2, 0.25) is 5.13 Å². The molecule has 1 heterocycles. The fourth-order valence-electron chi connectivity index (χ4n) is 1.70. The van der Waals surface area contributed by atoms with Crippen molar-refractivity contribution >= 4 is 34.0 Å². The first kappa shape index (κ1) is 16.5. The van der Waals surface area contributed by atoms with Crippen LogP contribution in [0.5, 0.6) is 0 Å². The van der Waals surface area contributed by atoms with Crippen LogP contribution >= 0.6 is 11.3 Å². The van der Waals surface area contributed by atoms with E-state index in [-0.39, 0.29) is 28.6 Å². The number of nitro groups is 1. The number of hydrogen-bond donors (Lipinski definition) is 1. The third-order valence-corrected chi connectivity index (χ3v) is 3.40. The Labute approximate surface area is 134 Å². The van der Waals surface area contributed by atoms with Crippen LogP contribution in [0, 0.1) is 17.0 Å². The van der Waals surface area contributed by atoms with Crippen molar-refractivity contribution in [2.75, 3.05) is 11.9 Å². The molecular weight excluding hydrogens is 324 g/mol. The summed E-state index contributed by atoms with van der Waals surface area (Å²) in [5.74, 6) is -1.37. The monoisotopic (exact) mass is 336 g/mol. The first-order chi connectivity index (χ1) is 10.9. The normalized spacial score (nSPS) is 10.2. The number of ether oxygens (including phenoxy) is 1. The predicted octanol–water partition coefficient (Wildman–Crippen LogP) is 2.18. The molecular formula is C13H12N4O5S. The maximum absolute atomic E-state index is 12.2. The molecule has 1 aromatic carbocycles. The van der Waals surface area contributed by atoms with E-state index < -0.39 is 16.8 Å². The standard InChI is InChI=1S/C13H12N4O5S/c1-3-22-12(19)9-4-8(5-10(6-9)17(20)21)11(18)14-13-16-15-7(2)23-13/h4-6H,3H2,1-2H3,(H,14,16,18). The second-order valence-electron chi connectivity index (χ2n) is 4.33. The molecule has 2 rings (SSSR count). The molecule has 0 aliphatic rings. The zero-order valence-corrected chi connectivity index (χ0v) is 13.0. The molecule has 0 saturated carbocycles.